The first kappa shape index (κ1) is 9.03. The summed E-state index contributed by atoms with van der Waals surface area (Å²) < 4.78 is 0. The van der Waals surface area contributed by atoms with Crippen LogP contribution in [0.3, 0.4) is 0 Å². The Hall–Kier alpha value is -0.540. The molecule has 2 rings (SSSR count). The molecule has 1 fully saturated rings. The Morgan fingerprint density at radius 2 is 2.23 bits per heavy atom. The summed E-state index contributed by atoms with van der Waals surface area (Å²) in [6.45, 7) is 4.48. The molecule has 2 N–H and O–H groups in total. The quantitative estimate of drug-likeness (QED) is 0.758. The van der Waals surface area contributed by atoms with Gasteiger partial charge < -0.3 is 10.6 Å². The van der Waals surface area contributed by atoms with Gasteiger partial charge in [0.05, 0.1) is 5.00 Å². The highest BCUT2D eigenvalue weighted by molar-refractivity contribution is 7.14. The molecule has 13 heavy (non-hydrogen) atoms. The second kappa shape index (κ2) is 4.11. The predicted molar refractivity (Wildman–Crippen MR) is 58.6 cm³/mol. The van der Waals surface area contributed by atoms with Gasteiger partial charge in [0.2, 0.25) is 0 Å². The molecule has 0 radical (unpaired) electrons. The summed E-state index contributed by atoms with van der Waals surface area (Å²) >= 11 is 1.81. The largest absolute Gasteiger partial charge is 0.374 e. The van der Waals surface area contributed by atoms with Gasteiger partial charge in [-0.2, -0.15) is 0 Å². The third-order valence-electron chi connectivity index (χ3n) is 2.54. The topological polar surface area (TPSA) is 24.1 Å². The summed E-state index contributed by atoms with van der Waals surface area (Å²) in [4.78, 5) is 0. The van der Waals surface area contributed by atoms with Crippen LogP contribution in [0.4, 0.5) is 5.00 Å². The maximum Gasteiger partial charge on any atom is 0.0914 e. The van der Waals surface area contributed by atoms with Crippen LogP contribution in [-0.4, -0.2) is 19.1 Å². The van der Waals surface area contributed by atoms with E-state index < -0.39 is 0 Å². The van der Waals surface area contributed by atoms with E-state index in [9.17, 15) is 0 Å². The highest BCUT2D eigenvalue weighted by Gasteiger charge is 2.13. The van der Waals surface area contributed by atoms with Crippen molar-refractivity contribution in [2.45, 2.75) is 25.8 Å². The monoisotopic (exact) mass is 196 g/mol. The van der Waals surface area contributed by atoms with Crippen LogP contribution in [-0.2, 0) is 0 Å². The standard InChI is InChI=1S/C10H16N2S/c1-8-4-7-13-10(8)12-9-2-5-11-6-3-9/h4,7,9,11-12H,2-3,5-6H2,1H3. The third kappa shape index (κ3) is 2.23. The average Bonchev–Trinajstić information content (AvgIpc) is 2.54. The molecule has 0 saturated carbocycles. The molecule has 2 heterocycles. The lowest BCUT2D eigenvalue weighted by atomic mass is 10.1. The fourth-order valence-electron chi connectivity index (χ4n) is 1.67. The van der Waals surface area contributed by atoms with Gasteiger partial charge in [0.1, 0.15) is 0 Å². The van der Waals surface area contributed by atoms with Crippen LogP contribution in [0.2, 0.25) is 0 Å². The number of hydrogen-bond acceptors (Lipinski definition) is 3. The molecule has 0 aliphatic carbocycles. The summed E-state index contributed by atoms with van der Waals surface area (Å²) in [6, 6.07) is 2.85. The molecule has 0 unspecified atom stereocenters. The van der Waals surface area contributed by atoms with Gasteiger partial charge in [-0.1, -0.05) is 0 Å². The Bertz CT molecular complexity index is 264. The minimum atomic E-state index is 0.679. The number of nitrogens with one attached hydrogen (secondary N) is 2. The zero-order chi connectivity index (χ0) is 9.10. The molecule has 0 spiro atoms. The summed E-state index contributed by atoms with van der Waals surface area (Å²) in [5, 5.41) is 10.5. The highest BCUT2D eigenvalue weighted by atomic mass is 32.1. The Balaban J connectivity index is 1.93. The predicted octanol–water partition coefficient (Wildman–Crippen LogP) is 2.22. The zero-order valence-electron chi connectivity index (χ0n) is 7.97. The van der Waals surface area contributed by atoms with Gasteiger partial charge in [-0.15, -0.1) is 11.3 Å². The highest BCUT2D eigenvalue weighted by Crippen LogP contribution is 2.24. The van der Waals surface area contributed by atoms with E-state index in [-0.39, 0.29) is 0 Å². The first-order chi connectivity index (χ1) is 6.36. The molecule has 72 valence electrons. The van der Waals surface area contributed by atoms with Gasteiger partial charge in [-0.3, -0.25) is 0 Å². The SMILES string of the molecule is Cc1ccsc1NC1CCNCC1. The van der Waals surface area contributed by atoms with Crippen LogP contribution in [0.1, 0.15) is 18.4 Å². The van der Waals surface area contributed by atoms with E-state index in [1.807, 2.05) is 11.3 Å². The van der Waals surface area contributed by atoms with Gasteiger partial charge >= 0.3 is 0 Å². The van der Waals surface area contributed by atoms with Crippen molar-refractivity contribution in [3.63, 3.8) is 0 Å². The lowest BCUT2D eigenvalue weighted by Gasteiger charge is -2.24. The molecule has 1 aromatic rings. The summed E-state index contributed by atoms with van der Waals surface area (Å²) in [5.74, 6) is 0. The summed E-state index contributed by atoms with van der Waals surface area (Å²) in [6.07, 6.45) is 2.49. The van der Waals surface area contributed by atoms with E-state index in [1.54, 1.807) is 0 Å². The van der Waals surface area contributed by atoms with E-state index in [0.29, 0.717) is 6.04 Å². The number of rotatable bonds is 2. The molecular weight excluding hydrogens is 180 g/mol. The van der Waals surface area contributed by atoms with Crippen LogP contribution < -0.4 is 10.6 Å². The third-order valence-corrected chi connectivity index (χ3v) is 3.48. The van der Waals surface area contributed by atoms with Crippen LogP contribution in [0, 0.1) is 6.92 Å². The van der Waals surface area contributed by atoms with Crippen LogP contribution in [0.5, 0.6) is 0 Å². The zero-order valence-corrected chi connectivity index (χ0v) is 8.79. The van der Waals surface area contributed by atoms with Crippen molar-refractivity contribution in [3.8, 4) is 0 Å². The van der Waals surface area contributed by atoms with Crippen molar-refractivity contribution in [1.29, 1.82) is 0 Å². The maximum atomic E-state index is 3.61. The van der Waals surface area contributed by atoms with Gasteiger partial charge in [-0.05, 0) is 49.9 Å². The summed E-state index contributed by atoms with van der Waals surface area (Å²) in [5.41, 5.74) is 1.38. The van der Waals surface area contributed by atoms with Crippen molar-refractivity contribution in [2.24, 2.45) is 0 Å². The lowest BCUT2D eigenvalue weighted by Crippen LogP contribution is -2.35. The van der Waals surface area contributed by atoms with E-state index in [0.717, 1.165) is 13.1 Å². The van der Waals surface area contributed by atoms with Crippen molar-refractivity contribution in [1.82, 2.24) is 5.32 Å². The van der Waals surface area contributed by atoms with Gasteiger partial charge in [0.25, 0.3) is 0 Å². The fourth-order valence-corrected chi connectivity index (χ4v) is 2.57. The van der Waals surface area contributed by atoms with Crippen molar-refractivity contribution in [2.75, 3.05) is 18.4 Å². The number of hydrogen-bond donors (Lipinski definition) is 2. The number of thiophene rings is 1. The summed E-state index contributed by atoms with van der Waals surface area (Å²) in [7, 11) is 0. The van der Waals surface area contributed by atoms with E-state index in [4.69, 9.17) is 0 Å². The van der Waals surface area contributed by atoms with Crippen LogP contribution >= 0.6 is 11.3 Å². The molecular formula is C10H16N2S. The maximum absolute atomic E-state index is 3.61. The molecule has 3 heteroatoms. The lowest BCUT2D eigenvalue weighted by molar-refractivity contribution is 0.479. The minimum absolute atomic E-state index is 0.679. The molecule has 1 aliphatic rings. The molecule has 0 amide bonds. The van der Waals surface area contributed by atoms with Crippen molar-refractivity contribution < 1.29 is 0 Å². The fraction of sp³-hybridized carbons (Fsp3) is 0.600. The second-order valence-electron chi connectivity index (χ2n) is 3.60. The molecule has 1 aliphatic heterocycles. The Morgan fingerprint density at radius 3 is 2.85 bits per heavy atom. The molecule has 2 nitrogen and oxygen atoms in total. The Morgan fingerprint density at radius 1 is 1.46 bits per heavy atom. The number of aryl methyl sites for hydroxylation is 1. The van der Waals surface area contributed by atoms with Crippen LogP contribution in [0.15, 0.2) is 11.4 Å². The second-order valence-corrected chi connectivity index (χ2v) is 4.52. The van der Waals surface area contributed by atoms with Gasteiger partial charge in [0.15, 0.2) is 0 Å². The normalized spacial score (nSPS) is 18.8. The van der Waals surface area contributed by atoms with E-state index in [2.05, 4.69) is 29.0 Å². The molecule has 0 bridgehead atoms. The molecule has 1 aromatic heterocycles. The van der Waals surface area contributed by atoms with Gasteiger partial charge in [-0.25, -0.2) is 0 Å². The smallest absolute Gasteiger partial charge is 0.0914 e. The molecule has 1 saturated heterocycles. The minimum Gasteiger partial charge on any atom is -0.374 e. The molecule has 0 aromatic carbocycles. The molecule has 0 atom stereocenters. The van der Waals surface area contributed by atoms with Crippen molar-refractivity contribution in [3.05, 3.63) is 17.0 Å². The number of anilines is 1. The number of piperidine rings is 1. The van der Waals surface area contributed by atoms with Crippen molar-refractivity contribution >= 4 is 16.3 Å². The first-order valence-electron chi connectivity index (χ1n) is 4.87. The average molecular weight is 196 g/mol. The van der Waals surface area contributed by atoms with E-state index >= 15 is 0 Å². The van der Waals surface area contributed by atoms with E-state index in [1.165, 1.54) is 23.4 Å². The van der Waals surface area contributed by atoms with Crippen LogP contribution in [0.25, 0.3) is 0 Å². The first-order valence-corrected chi connectivity index (χ1v) is 5.75. The Kier molecular flexibility index (Phi) is 2.86. The Labute approximate surface area is 83.4 Å². The van der Waals surface area contributed by atoms with Gasteiger partial charge in [0, 0.05) is 6.04 Å².